The Bertz CT molecular complexity index is 1080. The first-order chi connectivity index (χ1) is 15.9. The van der Waals surface area contributed by atoms with E-state index in [4.69, 9.17) is 59.0 Å². The second-order valence-corrected chi connectivity index (χ2v) is 9.22. The van der Waals surface area contributed by atoms with Crippen molar-refractivity contribution < 1.29 is 14.2 Å². The number of ether oxygens (including phenoxy) is 3. The van der Waals surface area contributed by atoms with Crippen molar-refractivity contribution in [2.24, 2.45) is 5.41 Å². The van der Waals surface area contributed by atoms with Gasteiger partial charge in [0.15, 0.2) is 5.82 Å². The summed E-state index contributed by atoms with van der Waals surface area (Å²) in [4.78, 5) is 11.8. The van der Waals surface area contributed by atoms with Crippen molar-refractivity contribution in [3.63, 3.8) is 0 Å². The fourth-order valence-electron chi connectivity index (χ4n) is 3.89. The Balaban J connectivity index is 0.000000968. The van der Waals surface area contributed by atoms with E-state index in [1.165, 1.54) is 20.6 Å². The van der Waals surface area contributed by atoms with Gasteiger partial charge < -0.3 is 19.1 Å². The summed E-state index contributed by atoms with van der Waals surface area (Å²) in [7, 11) is 3.07. The first-order valence-electron chi connectivity index (χ1n) is 10.9. The number of benzene rings is 1. The van der Waals surface area contributed by atoms with Crippen LogP contribution in [0.5, 0.6) is 11.5 Å². The molecule has 0 N–H and O–H groups in total. The van der Waals surface area contributed by atoms with Crippen molar-refractivity contribution in [3.8, 4) is 22.9 Å². The van der Waals surface area contributed by atoms with Crippen LogP contribution in [-0.4, -0.2) is 56.4 Å². The van der Waals surface area contributed by atoms with Crippen LogP contribution in [0.1, 0.15) is 27.2 Å². The predicted molar refractivity (Wildman–Crippen MR) is 137 cm³/mol. The number of alkyl halides is 1. The lowest BCUT2D eigenvalue weighted by Gasteiger charge is -2.55. The first-order valence-corrected chi connectivity index (χ1v) is 12.2. The third-order valence-electron chi connectivity index (χ3n) is 5.48. The molecule has 0 atom stereocenters. The molecule has 180 valence electrons. The normalized spacial score (nSPS) is 17.3. The molecule has 2 saturated heterocycles. The highest BCUT2D eigenvalue weighted by atomic mass is 35.5. The number of aromatic nitrogens is 2. The monoisotopic (exact) mass is 513 g/mol. The lowest BCUT2D eigenvalue weighted by molar-refractivity contribution is -0.127. The largest absolute Gasteiger partial charge is 0.495 e. The average Bonchev–Trinajstić information content (AvgIpc) is 2.74. The molecule has 0 saturated carbocycles. The zero-order valence-electron chi connectivity index (χ0n) is 19.7. The minimum Gasteiger partial charge on any atom is -0.495 e. The molecule has 0 unspecified atom stereocenters. The fourth-order valence-corrected chi connectivity index (χ4v) is 4.71. The van der Waals surface area contributed by atoms with E-state index in [2.05, 4.69) is 18.7 Å². The van der Waals surface area contributed by atoms with Gasteiger partial charge in [-0.2, -0.15) is 0 Å². The second-order valence-electron chi connectivity index (χ2n) is 8.16. The molecule has 6 nitrogen and oxygen atoms in total. The summed E-state index contributed by atoms with van der Waals surface area (Å²) >= 11 is 19.3. The van der Waals surface area contributed by atoms with Crippen LogP contribution in [0.25, 0.3) is 23.5 Å². The molecule has 4 rings (SSSR count). The molecule has 33 heavy (non-hydrogen) atoms. The number of anilines is 1. The summed E-state index contributed by atoms with van der Waals surface area (Å²) in [5.74, 6) is 2.44. The number of halogens is 3. The second kappa shape index (κ2) is 11.1. The number of hydrogen-bond acceptors (Lipinski definition) is 6. The van der Waals surface area contributed by atoms with E-state index in [0.717, 1.165) is 42.7 Å². The molecule has 2 fully saturated rings. The van der Waals surface area contributed by atoms with Gasteiger partial charge in [-0.15, -0.1) is 11.6 Å². The maximum Gasteiger partial charge on any atom is 0.165 e. The zero-order valence-corrected chi connectivity index (χ0v) is 21.9. The smallest absolute Gasteiger partial charge is 0.165 e. The van der Waals surface area contributed by atoms with E-state index in [0.29, 0.717) is 38.8 Å². The van der Waals surface area contributed by atoms with Gasteiger partial charge >= 0.3 is 0 Å². The lowest BCUT2D eigenvalue weighted by Crippen LogP contribution is -2.67. The maximum absolute atomic E-state index is 6.62. The van der Waals surface area contributed by atoms with Gasteiger partial charge in [-0.25, -0.2) is 9.97 Å². The van der Waals surface area contributed by atoms with Gasteiger partial charge in [0.1, 0.15) is 17.3 Å². The Labute approximate surface area is 210 Å². The van der Waals surface area contributed by atoms with Gasteiger partial charge in [0.05, 0.1) is 53.8 Å². The summed E-state index contributed by atoms with van der Waals surface area (Å²) in [6.45, 7) is 9.49. The van der Waals surface area contributed by atoms with Gasteiger partial charge in [0.2, 0.25) is 0 Å². The number of nitrogens with zero attached hydrogens (tertiary/aromatic N) is 3. The highest BCUT2D eigenvalue weighted by molar-refractivity contribution is 6.40. The third kappa shape index (κ3) is 5.04. The summed E-state index contributed by atoms with van der Waals surface area (Å²) in [6, 6.07) is 1.65. The van der Waals surface area contributed by atoms with E-state index in [1.54, 1.807) is 6.07 Å². The molecule has 2 aliphatic heterocycles. The molecule has 9 heteroatoms. The Kier molecular flexibility index (Phi) is 8.73. The first kappa shape index (κ1) is 25.9. The molecule has 1 spiro atoms. The molecular formula is C24H30Cl3N3O3. The van der Waals surface area contributed by atoms with E-state index < -0.39 is 0 Å². The summed E-state index contributed by atoms with van der Waals surface area (Å²) in [5.41, 5.74) is 0.701. The van der Waals surface area contributed by atoms with E-state index in [9.17, 15) is 0 Å². The van der Waals surface area contributed by atoms with E-state index in [-0.39, 0.29) is 5.41 Å². The van der Waals surface area contributed by atoms with Crippen LogP contribution in [0.4, 0.5) is 5.82 Å². The Hall–Kier alpha value is -1.73. The molecular weight excluding hydrogens is 485 g/mol. The molecule has 1 aromatic carbocycles. The number of hydrogen-bond donors (Lipinski definition) is 0. The van der Waals surface area contributed by atoms with Gasteiger partial charge in [0, 0.05) is 30.3 Å². The van der Waals surface area contributed by atoms with Crippen LogP contribution in [0.15, 0.2) is 6.07 Å². The van der Waals surface area contributed by atoms with Crippen LogP contribution in [-0.2, 0) is 4.74 Å². The maximum atomic E-state index is 6.62. The van der Waals surface area contributed by atoms with Crippen molar-refractivity contribution in [1.82, 2.24) is 9.97 Å². The molecule has 0 bridgehead atoms. The quantitative estimate of drug-likeness (QED) is 0.546. The lowest BCUT2D eigenvalue weighted by atomic mass is 9.78. The van der Waals surface area contributed by atoms with Crippen LogP contribution in [0.2, 0.25) is 10.0 Å². The Morgan fingerprint density at radius 1 is 1.09 bits per heavy atom. The summed E-state index contributed by atoms with van der Waals surface area (Å²) in [5, 5.41) is 2.32. The van der Waals surface area contributed by atoms with Crippen LogP contribution in [0, 0.1) is 5.41 Å². The topological polar surface area (TPSA) is 56.7 Å². The minimum atomic E-state index is 0.230. The van der Waals surface area contributed by atoms with E-state index in [1.807, 2.05) is 19.1 Å². The van der Waals surface area contributed by atoms with Crippen molar-refractivity contribution in [3.05, 3.63) is 26.7 Å². The molecule has 3 heterocycles. The summed E-state index contributed by atoms with van der Waals surface area (Å²) in [6.07, 6.45) is 5.10. The van der Waals surface area contributed by atoms with Gasteiger partial charge in [-0.05, 0) is 6.92 Å². The van der Waals surface area contributed by atoms with Gasteiger partial charge in [-0.1, -0.05) is 55.6 Å². The van der Waals surface area contributed by atoms with Crippen molar-refractivity contribution in [2.45, 2.75) is 27.2 Å². The minimum absolute atomic E-state index is 0.230. The standard InChI is InChI=1S/C21H22Cl3N3O3.C3H8/c1-4-13-12(5-6-22)20(27-8-21(9-27)10-30-11-21)26-19(25-13)16-17(23)14(28-2)7-15(29-3)18(16)24;1-3-2/h4-5,7H,6,8-11H2,1-3H3;3H2,1-2H3/b12-5+,13-4+;. The highest BCUT2D eigenvalue weighted by Gasteiger charge is 2.49. The molecule has 0 amide bonds. The van der Waals surface area contributed by atoms with Gasteiger partial charge in [-0.3, -0.25) is 0 Å². The van der Waals surface area contributed by atoms with Gasteiger partial charge in [0.25, 0.3) is 0 Å². The van der Waals surface area contributed by atoms with Crippen molar-refractivity contribution in [2.75, 3.05) is 51.3 Å². The molecule has 2 aromatic rings. The van der Waals surface area contributed by atoms with Crippen LogP contribution in [0.3, 0.4) is 0 Å². The van der Waals surface area contributed by atoms with Crippen LogP contribution < -0.4 is 24.9 Å². The number of methoxy groups -OCH3 is 2. The van der Waals surface area contributed by atoms with E-state index >= 15 is 0 Å². The average molecular weight is 515 g/mol. The molecule has 2 aliphatic rings. The summed E-state index contributed by atoms with van der Waals surface area (Å²) < 4.78 is 16.2. The molecule has 0 aliphatic carbocycles. The molecule has 0 radical (unpaired) electrons. The zero-order chi connectivity index (χ0) is 24.2. The third-order valence-corrected chi connectivity index (χ3v) is 6.38. The highest BCUT2D eigenvalue weighted by Crippen LogP contribution is 2.45. The van der Waals surface area contributed by atoms with Crippen molar-refractivity contribution >= 4 is 52.8 Å². The fraction of sp³-hybridized carbons (Fsp3) is 0.500. The predicted octanol–water partition coefficient (Wildman–Crippen LogP) is 4.54. The SMILES string of the molecule is C/C=c1/nc(-c2c(Cl)c(OC)cc(OC)c2Cl)nc(N2CC3(COC3)C2)/c1=C/CCl.CCC. The Morgan fingerprint density at radius 2 is 1.67 bits per heavy atom. The number of rotatable bonds is 5. The van der Waals surface area contributed by atoms with Crippen LogP contribution >= 0.6 is 34.8 Å². The van der Waals surface area contributed by atoms with Crippen molar-refractivity contribution in [1.29, 1.82) is 0 Å². The Morgan fingerprint density at radius 3 is 2.09 bits per heavy atom. The molecule has 1 aromatic heterocycles.